The van der Waals surface area contributed by atoms with E-state index in [2.05, 4.69) is 31.2 Å². The molecule has 0 fully saturated rings. The molecule has 1 N–H and O–H groups in total. The van der Waals surface area contributed by atoms with E-state index in [1.807, 2.05) is 65.4 Å². The van der Waals surface area contributed by atoms with Gasteiger partial charge < -0.3 is 5.32 Å². The van der Waals surface area contributed by atoms with Crippen LogP contribution in [0, 0.1) is 0 Å². The van der Waals surface area contributed by atoms with Crippen LogP contribution in [0.15, 0.2) is 81.0 Å². The summed E-state index contributed by atoms with van der Waals surface area (Å²) in [6.45, 7) is 1.68. The summed E-state index contributed by atoms with van der Waals surface area (Å²) in [5, 5.41) is 7.66. The van der Waals surface area contributed by atoms with Gasteiger partial charge in [-0.05, 0) is 24.6 Å². The third kappa shape index (κ3) is 4.27. The fraction of sp³-hybridized carbons (Fsp3) is 0.0833. The van der Waals surface area contributed by atoms with Gasteiger partial charge in [0.05, 0.1) is 17.4 Å². The number of anilines is 1. The summed E-state index contributed by atoms with van der Waals surface area (Å²) in [4.78, 5) is 35.9. The van der Waals surface area contributed by atoms with Crippen molar-refractivity contribution in [2.24, 2.45) is 0 Å². The lowest BCUT2D eigenvalue weighted by Crippen LogP contribution is -2.31. The molecule has 33 heavy (non-hydrogen) atoms. The van der Waals surface area contributed by atoms with Crippen molar-refractivity contribution in [3.63, 3.8) is 0 Å². The number of thiazole rings is 1. The number of halogens is 1. The molecule has 0 bridgehead atoms. The molecule has 9 heteroatoms. The van der Waals surface area contributed by atoms with Crippen LogP contribution in [0.2, 0.25) is 0 Å². The van der Waals surface area contributed by atoms with Crippen molar-refractivity contribution in [2.75, 3.05) is 5.32 Å². The number of hydrogen-bond donors (Lipinski definition) is 1. The summed E-state index contributed by atoms with van der Waals surface area (Å²) >= 11 is 6.20. The molecule has 1 amide bonds. The Hall–Kier alpha value is -3.14. The number of nitrogens with zero attached hydrogens (tertiary/aromatic N) is 3. The third-order valence-electron chi connectivity index (χ3n) is 5.28. The number of benzene rings is 2. The van der Waals surface area contributed by atoms with Crippen molar-refractivity contribution >= 4 is 59.9 Å². The minimum atomic E-state index is -0.754. The van der Waals surface area contributed by atoms with Crippen LogP contribution in [-0.4, -0.2) is 20.4 Å². The summed E-state index contributed by atoms with van der Waals surface area (Å²) in [7, 11) is 0. The van der Waals surface area contributed by atoms with E-state index in [1.165, 1.54) is 33.6 Å². The number of aromatic nitrogens is 3. The topological polar surface area (TPSA) is 76.9 Å². The van der Waals surface area contributed by atoms with Gasteiger partial charge in [0.25, 0.3) is 5.56 Å². The van der Waals surface area contributed by atoms with E-state index in [9.17, 15) is 9.59 Å². The molecule has 3 heterocycles. The predicted molar refractivity (Wildman–Crippen MR) is 138 cm³/mol. The highest BCUT2D eigenvalue weighted by atomic mass is 79.9. The van der Waals surface area contributed by atoms with Gasteiger partial charge in [-0.2, -0.15) is 0 Å². The monoisotopic (exact) mass is 536 g/mol. The van der Waals surface area contributed by atoms with Crippen LogP contribution in [0.1, 0.15) is 13.0 Å². The molecule has 2 aromatic carbocycles. The summed E-state index contributed by atoms with van der Waals surface area (Å²) < 4.78 is 2.34. The van der Waals surface area contributed by atoms with Gasteiger partial charge in [0.2, 0.25) is 5.91 Å². The Bertz CT molecular complexity index is 1510. The van der Waals surface area contributed by atoms with Gasteiger partial charge in [-0.3, -0.25) is 14.2 Å². The van der Waals surface area contributed by atoms with Gasteiger partial charge in [0, 0.05) is 26.4 Å². The molecule has 0 saturated heterocycles. The van der Waals surface area contributed by atoms with E-state index in [4.69, 9.17) is 0 Å². The molecule has 0 aliphatic heterocycles. The number of nitrogens with one attached hydrogen (secondary N) is 1. The Balaban J connectivity index is 1.43. The van der Waals surface area contributed by atoms with Crippen LogP contribution in [0.5, 0.6) is 0 Å². The molecule has 1 atom stereocenters. The maximum atomic E-state index is 13.4. The summed E-state index contributed by atoms with van der Waals surface area (Å²) in [6, 6.07) is 16.8. The number of thiophene rings is 1. The van der Waals surface area contributed by atoms with Gasteiger partial charge >= 0.3 is 0 Å². The maximum absolute atomic E-state index is 13.4. The van der Waals surface area contributed by atoms with E-state index in [0.717, 1.165) is 26.9 Å². The highest BCUT2D eigenvalue weighted by Crippen LogP contribution is 2.32. The molecule has 0 spiro atoms. The summed E-state index contributed by atoms with van der Waals surface area (Å²) in [6.07, 6.45) is 1.44. The normalized spacial score (nSPS) is 12.1. The lowest BCUT2D eigenvalue weighted by atomic mass is 10.1. The Morgan fingerprint density at radius 1 is 1.03 bits per heavy atom. The van der Waals surface area contributed by atoms with Gasteiger partial charge in [-0.15, -0.1) is 22.7 Å². The zero-order valence-corrected chi connectivity index (χ0v) is 20.6. The van der Waals surface area contributed by atoms with Crippen LogP contribution >= 0.6 is 38.6 Å². The standard InChI is InChI=1S/C24H17BrN4O2S2/c1-14(21(30)28-24-27-19(12-33-24)16-5-3-2-4-6-16)29-13-26-22-20(23(29)31)18(11-32-22)15-7-9-17(25)10-8-15/h2-14H,1H3,(H,27,28,30). The van der Waals surface area contributed by atoms with Crippen molar-refractivity contribution in [2.45, 2.75) is 13.0 Å². The first-order valence-electron chi connectivity index (χ1n) is 10.1. The lowest BCUT2D eigenvalue weighted by Gasteiger charge is -2.14. The minimum absolute atomic E-state index is 0.245. The fourth-order valence-electron chi connectivity index (χ4n) is 3.47. The zero-order valence-electron chi connectivity index (χ0n) is 17.4. The Morgan fingerprint density at radius 3 is 2.55 bits per heavy atom. The Kier molecular flexibility index (Phi) is 5.92. The molecule has 0 aliphatic rings. The van der Waals surface area contributed by atoms with Crippen molar-refractivity contribution in [3.8, 4) is 22.4 Å². The average molecular weight is 537 g/mol. The highest BCUT2D eigenvalue weighted by Gasteiger charge is 2.21. The molecule has 0 saturated carbocycles. The molecule has 0 aliphatic carbocycles. The molecule has 1 unspecified atom stereocenters. The quantitative estimate of drug-likeness (QED) is 0.289. The molecule has 0 radical (unpaired) electrons. The second kappa shape index (κ2) is 9.01. The van der Waals surface area contributed by atoms with Crippen molar-refractivity contribution in [3.05, 3.63) is 86.5 Å². The van der Waals surface area contributed by atoms with E-state index in [0.29, 0.717) is 15.3 Å². The average Bonchev–Trinajstić information content (AvgIpc) is 3.48. The van der Waals surface area contributed by atoms with Gasteiger partial charge in [0.15, 0.2) is 5.13 Å². The first-order chi connectivity index (χ1) is 16.0. The Labute approximate surface area is 205 Å². The predicted octanol–water partition coefficient (Wildman–Crippen LogP) is 6.21. The number of carbonyl (C=O) groups excluding carboxylic acids is 1. The zero-order chi connectivity index (χ0) is 22.9. The van der Waals surface area contributed by atoms with E-state index in [1.54, 1.807) is 6.92 Å². The van der Waals surface area contributed by atoms with Gasteiger partial charge in [-0.25, -0.2) is 9.97 Å². The minimum Gasteiger partial charge on any atom is -0.300 e. The molecule has 6 nitrogen and oxygen atoms in total. The van der Waals surface area contributed by atoms with E-state index >= 15 is 0 Å². The summed E-state index contributed by atoms with van der Waals surface area (Å²) in [5.74, 6) is -0.326. The SMILES string of the molecule is CC(C(=O)Nc1nc(-c2ccccc2)cs1)n1cnc2scc(-c3ccc(Br)cc3)c2c1=O. The van der Waals surface area contributed by atoms with Crippen LogP contribution in [0.4, 0.5) is 5.13 Å². The number of carbonyl (C=O) groups is 1. The van der Waals surface area contributed by atoms with Crippen LogP contribution in [0.25, 0.3) is 32.6 Å². The van der Waals surface area contributed by atoms with Crippen LogP contribution < -0.4 is 10.9 Å². The van der Waals surface area contributed by atoms with Crippen LogP contribution in [0.3, 0.4) is 0 Å². The third-order valence-corrected chi connectivity index (χ3v) is 7.45. The van der Waals surface area contributed by atoms with Crippen molar-refractivity contribution < 1.29 is 4.79 Å². The first-order valence-corrected chi connectivity index (χ1v) is 12.6. The number of hydrogen-bond acceptors (Lipinski definition) is 6. The Morgan fingerprint density at radius 2 is 1.79 bits per heavy atom. The molecule has 164 valence electrons. The molecule has 5 aromatic rings. The van der Waals surface area contributed by atoms with E-state index < -0.39 is 6.04 Å². The number of fused-ring (bicyclic) bond motifs is 1. The maximum Gasteiger partial charge on any atom is 0.263 e. The second-order valence-corrected chi connectivity index (χ2v) is 9.99. The molecule has 3 aromatic heterocycles. The molecule has 5 rings (SSSR count). The number of rotatable bonds is 5. The molecular weight excluding hydrogens is 520 g/mol. The van der Waals surface area contributed by atoms with Crippen molar-refractivity contribution in [1.82, 2.24) is 14.5 Å². The van der Waals surface area contributed by atoms with Crippen molar-refractivity contribution in [1.29, 1.82) is 0 Å². The van der Waals surface area contributed by atoms with Gasteiger partial charge in [-0.1, -0.05) is 58.4 Å². The smallest absolute Gasteiger partial charge is 0.263 e. The highest BCUT2D eigenvalue weighted by molar-refractivity contribution is 9.10. The first kappa shape index (κ1) is 21.7. The number of amides is 1. The van der Waals surface area contributed by atoms with Crippen LogP contribution in [-0.2, 0) is 4.79 Å². The van der Waals surface area contributed by atoms with Gasteiger partial charge in [0.1, 0.15) is 10.9 Å². The molecular formula is C24H17BrN4O2S2. The summed E-state index contributed by atoms with van der Waals surface area (Å²) in [5.41, 5.74) is 3.27. The largest absolute Gasteiger partial charge is 0.300 e. The fourth-order valence-corrected chi connectivity index (χ4v) is 5.37. The van der Waals surface area contributed by atoms with E-state index in [-0.39, 0.29) is 11.5 Å². The lowest BCUT2D eigenvalue weighted by molar-refractivity contribution is -0.118. The second-order valence-electron chi connectivity index (χ2n) is 7.36.